The van der Waals surface area contributed by atoms with Crippen LogP contribution in [0.4, 0.5) is 0 Å². The number of hydrogen-bond acceptors (Lipinski definition) is 3. The van der Waals surface area contributed by atoms with E-state index in [0.29, 0.717) is 18.7 Å². The van der Waals surface area contributed by atoms with E-state index in [-0.39, 0.29) is 17.6 Å². The number of carbonyl (C=O) groups is 2. The van der Waals surface area contributed by atoms with Crippen LogP contribution in [0.5, 0.6) is 0 Å². The summed E-state index contributed by atoms with van der Waals surface area (Å²) in [6.45, 7) is 5.06. The molecule has 0 aliphatic rings. The molecule has 5 nitrogen and oxygen atoms in total. The monoisotopic (exact) mass is 265 g/mol. The van der Waals surface area contributed by atoms with Crippen LogP contribution in [0.2, 0.25) is 0 Å². The Morgan fingerprint density at radius 2 is 1.79 bits per heavy atom. The van der Waals surface area contributed by atoms with E-state index in [9.17, 15) is 9.59 Å². The molecule has 1 aromatic carbocycles. The summed E-state index contributed by atoms with van der Waals surface area (Å²) in [5, 5.41) is 11.5. The van der Waals surface area contributed by atoms with Crippen LogP contribution < -0.4 is 5.32 Å². The van der Waals surface area contributed by atoms with Crippen LogP contribution in [-0.2, 0) is 4.74 Å². The molecular weight excluding hydrogens is 246 g/mol. The number of benzene rings is 1. The molecular formula is C14H19NO4. The molecule has 0 unspecified atom stereocenters. The predicted octanol–water partition coefficient (Wildman–Crippen LogP) is 1.93. The van der Waals surface area contributed by atoms with Crippen molar-refractivity contribution in [1.29, 1.82) is 0 Å². The van der Waals surface area contributed by atoms with E-state index in [4.69, 9.17) is 9.84 Å². The van der Waals surface area contributed by atoms with Gasteiger partial charge in [0.2, 0.25) is 0 Å². The van der Waals surface area contributed by atoms with Crippen molar-refractivity contribution < 1.29 is 19.4 Å². The summed E-state index contributed by atoms with van der Waals surface area (Å²) in [5.41, 5.74) is 0.622. The SMILES string of the molecule is CC(C)OCCCNC(=O)c1ccc(C(=O)O)cc1. The molecule has 0 aliphatic carbocycles. The second-order valence-corrected chi connectivity index (χ2v) is 4.41. The molecule has 19 heavy (non-hydrogen) atoms. The molecule has 0 saturated carbocycles. The Bertz CT molecular complexity index is 426. The quantitative estimate of drug-likeness (QED) is 0.739. The molecule has 0 heterocycles. The van der Waals surface area contributed by atoms with Crippen LogP contribution >= 0.6 is 0 Å². The van der Waals surface area contributed by atoms with E-state index >= 15 is 0 Å². The van der Waals surface area contributed by atoms with E-state index in [1.165, 1.54) is 24.3 Å². The van der Waals surface area contributed by atoms with E-state index in [2.05, 4.69) is 5.32 Å². The number of amides is 1. The summed E-state index contributed by atoms with van der Waals surface area (Å²) in [6.07, 6.45) is 0.941. The minimum absolute atomic E-state index is 0.168. The molecule has 0 spiro atoms. The van der Waals surface area contributed by atoms with Gasteiger partial charge < -0.3 is 15.2 Å². The van der Waals surface area contributed by atoms with Crippen molar-refractivity contribution >= 4 is 11.9 Å². The lowest BCUT2D eigenvalue weighted by atomic mass is 10.1. The predicted molar refractivity (Wildman–Crippen MR) is 71.4 cm³/mol. The van der Waals surface area contributed by atoms with Crippen LogP contribution in [0.25, 0.3) is 0 Å². The lowest BCUT2D eigenvalue weighted by Crippen LogP contribution is -2.25. The standard InChI is InChI=1S/C14H19NO4/c1-10(2)19-9-3-8-15-13(16)11-4-6-12(7-5-11)14(17)18/h4-7,10H,3,8-9H2,1-2H3,(H,15,16)(H,17,18). The van der Waals surface area contributed by atoms with Gasteiger partial charge in [-0.05, 0) is 44.5 Å². The van der Waals surface area contributed by atoms with Gasteiger partial charge in [0.1, 0.15) is 0 Å². The largest absolute Gasteiger partial charge is 0.478 e. The molecule has 1 amide bonds. The third kappa shape index (κ3) is 5.52. The number of rotatable bonds is 7. The van der Waals surface area contributed by atoms with Crippen molar-refractivity contribution in [2.45, 2.75) is 26.4 Å². The summed E-state index contributed by atoms with van der Waals surface area (Å²) < 4.78 is 5.35. The van der Waals surface area contributed by atoms with Gasteiger partial charge in [0.15, 0.2) is 0 Å². The van der Waals surface area contributed by atoms with Crippen LogP contribution in [0.15, 0.2) is 24.3 Å². The first kappa shape index (κ1) is 15.2. The van der Waals surface area contributed by atoms with Crippen LogP contribution in [0.1, 0.15) is 41.0 Å². The van der Waals surface area contributed by atoms with Gasteiger partial charge in [-0.1, -0.05) is 0 Å². The number of carboxylic acids is 1. The summed E-state index contributed by atoms with van der Waals surface area (Å²) >= 11 is 0. The van der Waals surface area contributed by atoms with Crippen molar-refractivity contribution in [3.8, 4) is 0 Å². The summed E-state index contributed by atoms with van der Waals surface area (Å²) in [5.74, 6) is -1.21. The fourth-order valence-electron chi connectivity index (χ4n) is 1.46. The van der Waals surface area contributed by atoms with Gasteiger partial charge in [0.25, 0.3) is 5.91 Å². The Kier molecular flexibility index (Phi) is 6.02. The molecule has 0 fully saturated rings. The molecule has 0 radical (unpaired) electrons. The third-order valence-electron chi connectivity index (χ3n) is 2.45. The maximum Gasteiger partial charge on any atom is 0.335 e. The number of nitrogens with one attached hydrogen (secondary N) is 1. The van der Waals surface area contributed by atoms with Gasteiger partial charge in [-0.15, -0.1) is 0 Å². The Morgan fingerprint density at radius 3 is 2.32 bits per heavy atom. The van der Waals surface area contributed by atoms with Crippen molar-refractivity contribution in [2.75, 3.05) is 13.2 Å². The molecule has 0 saturated heterocycles. The van der Waals surface area contributed by atoms with Crippen LogP contribution in [-0.4, -0.2) is 36.2 Å². The minimum atomic E-state index is -1.00. The molecule has 104 valence electrons. The number of aromatic carboxylic acids is 1. The topological polar surface area (TPSA) is 75.6 Å². The van der Waals surface area contributed by atoms with Crippen LogP contribution in [0.3, 0.4) is 0 Å². The highest BCUT2D eigenvalue weighted by Gasteiger charge is 2.07. The van der Waals surface area contributed by atoms with Crippen molar-refractivity contribution in [2.24, 2.45) is 0 Å². The summed E-state index contributed by atoms with van der Waals surface area (Å²) in [7, 11) is 0. The number of ether oxygens (including phenoxy) is 1. The molecule has 1 aromatic rings. The van der Waals surface area contributed by atoms with E-state index in [1.54, 1.807) is 0 Å². The van der Waals surface area contributed by atoms with Gasteiger partial charge >= 0.3 is 5.97 Å². The first-order chi connectivity index (χ1) is 9.00. The fraction of sp³-hybridized carbons (Fsp3) is 0.429. The lowest BCUT2D eigenvalue weighted by Gasteiger charge is -2.08. The molecule has 0 aromatic heterocycles. The Morgan fingerprint density at radius 1 is 1.21 bits per heavy atom. The van der Waals surface area contributed by atoms with Gasteiger partial charge in [-0.2, -0.15) is 0 Å². The molecule has 5 heteroatoms. The number of carbonyl (C=O) groups excluding carboxylic acids is 1. The second-order valence-electron chi connectivity index (χ2n) is 4.41. The molecule has 0 aliphatic heterocycles. The smallest absolute Gasteiger partial charge is 0.335 e. The Labute approximate surface area is 112 Å². The van der Waals surface area contributed by atoms with Gasteiger partial charge in [-0.25, -0.2) is 4.79 Å². The maximum atomic E-state index is 11.7. The van der Waals surface area contributed by atoms with E-state index < -0.39 is 5.97 Å². The Balaban J connectivity index is 2.35. The molecule has 0 atom stereocenters. The highest BCUT2D eigenvalue weighted by atomic mass is 16.5. The number of carboxylic acid groups (broad SMARTS) is 1. The molecule has 1 rings (SSSR count). The first-order valence-corrected chi connectivity index (χ1v) is 6.24. The number of hydrogen-bond donors (Lipinski definition) is 2. The van der Waals surface area contributed by atoms with Crippen LogP contribution in [0, 0.1) is 0 Å². The Hall–Kier alpha value is -1.88. The van der Waals surface area contributed by atoms with Gasteiger partial charge in [0.05, 0.1) is 11.7 Å². The highest BCUT2D eigenvalue weighted by Crippen LogP contribution is 2.04. The first-order valence-electron chi connectivity index (χ1n) is 6.24. The summed E-state index contributed by atoms with van der Waals surface area (Å²) in [4.78, 5) is 22.4. The average molecular weight is 265 g/mol. The van der Waals surface area contributed by atoms with Crippen molar-refractivity contribution in [1.82, 2.24) is 5.32 Å². The molecule has 2 N–H and O–H groups in total. The second kappa shape index (κ2) is 7.53. The van der Waals surface area contributed by atoms with E-state index in [1.807, 2.05) is 13.8 Å². The van der Waals surface area contributed by atoms with E-state index in [0.717, 1.165) is 6.42 Å². The zero-order valence-electron chi connectivity index (χ0n) is 11.2. The zero-order chi connectivity index (χ0) is 14.3. The lowest BCUT2D eigenvalue weighted by molar-refractivity contribution is 0.0695. The summed E-state index contributed by atoms with van der Waals surface area (Å²) in [6, 6.07) is 5.84. The normalized spacial score (nSPS) is 10.5. The zero-order valence-corrected chi connectivity index (χ0v) is 11.2. The molecule has 0 bridgehead atoms. The average Bonchev–Trinajstić information content (AvgIpc) is 2.37. The van der Waals surface area contributed by atoms with Gasteiger partial charge in [-0.3, -0.25) is 4.79 Å². The minimum Gasteiger partial charge on any atom is -0.478 e. The van der Waals surface area contributed by atoms with Crippen molar-refractivity contribution in [3.63, 3.8) is 0 Å². The maximum absolute atomic E-state index is 11.7. The highest BCUT2D eigenvalue weighted by molar-refractivity contribution is 5.95. The third-order valence-corrected chi connectivity index (χ3v) is 2.45. The van der Waals surface area contributed by atoms with Crippen molar-refractivity contribution in [3.05, 3.63) is 35.4 Å². The fourth-order valence-corrected chi connectivity index (χ4v) is 1.46. The van der Waals surface area contributed by atoms with Gasteiger partial charge in [0, 0.05) is 18.7 Å².